The minimum atomic E-state index is -1.64. The number of ether oxygens (including phenoxy) is 2. The minimum absolute atomic E-state index is 0.0395. The molecule has 3 amide bonds. The Balaban J connectivity index is 1.56. The first kappa shape index (κ1) is 26.3. The number of hydrogen-bond acceptors (Lipinski definition) is 9. The number of carbonyl (C=O) groups is 5. The van der Waals surface area contributed by atoms with Crippen molar-refractivity contribution in [3.63, 3.8) is 0 Å². The van der Waals surface area contributed by atoms with E-state index in [0.29, 0.717) is 16.9 Å². The molecule has 2 aromatic rings. The summed E-state index contributed by atoms with van der Waals surface area (Å²) in [6.45, 7) is 1.04. The topological polar surface area (TPSA) is 178 Å². The summed E-state index contributed by atoms with van der Waals surface area (Å²) in [5, 5.41) is 21.8. The Hall–Kier alpha value is -4.78. The molecule has 13 nitrogen and oxygen atoms in total. The molecule has 0 saturated carbocycles. The molecular formula is C25H25N5O8. The number of carbonyl (C=O) groups excluding carboxylic acids is 4. The fourth-order valence-corrected chi connectivity index (χ4v) is 4.19. The van der Waals surface area contributed by atoms with Crippen LogP contribution in [0.5, 0.6) is 0 Å². The van der Waals surface area contributed by atoms with Crippen LogP contribution in [0.1, 0.15) is 22.8 Å². The molecule has 1 fully saturated rings. The molecule has 2 heterocycles. The summed E-state index contributed by atoms with van der Waals surface area (Å²) in [7, 11) is 1.60. The Labute approximate surface area is 216 Å². The van der Waals surface area contributed by atoms with Crippen molar-refractivity contribution < 1.29 is 38.6 Å². The molecule has 2 aliphatic rings. The van der Waals surface area contributed by atoms with E-state index in [1.165, 1.54) is 28.0 Å². The number of esters is 1. The minimum Gasteiger partial charge on any atom is -0.480 e. The smallest absolute Gasteiger partial charge is 0.323 e. The van der Waals surface area contributed by atoms with Crippen molar-refractivity contribution in [2.45, 2.75) is 19.1 Å². The first-order chi connectivity index (χ1) is 18.0. The maximum atomic E-state index is 13.4. The summed E-state index contributed by atoms with van der Waals surface area (Å²) in [6, 6.07) is 11.0. The second-order valence-electron chi connectivity index (χ2n) is 8.66. The summed E-state index contributed by atoms with van der Waals surface area (Å²) in [4.78, 5) is 64.5. The molecule has 198 valence electrons. The van der Waals surface area contributed by atoms with Crippen molar-refractivity contribution >= 4 is 52.6 Å². The van der Waals surface area contributed by atoms with Gasteiger partial charge in [0.25, 0.3) is 17.7 Å². The summed E-state index contributed by atoms with van der Waals surface area (Å²) in [5.74, 6) is -3.84. The van der Waals surface area contributed by atoms with Crippen LogP contribution in [-0.2, 0) is 28.7 Å². The van der Waals surface area contributed by atoms with Crippen LogP contribution >= 0.6 is 0 Å². The van der Waals surface area contributed by atoms with Gasteiger partial charge in [0.2, 0.25) is 6.10 Å². The van der Waals surface area contributed by atoms with Crippen LogP contribution in [0.2, 0.25) is 0 Å². The van der Waals surface area contributed by atoms with E-state index in [9.17, 15) is 24.0 Å². The van der Waals surface area contributed by atoms with E-state index >= 15 is 0 Å². The van der Waals surface area contributed by atoms with Crippen LogP contribution in [0.4, 0.5) is 17.1 Å². The van der Waals surface area contributed by atoms with Gasteiger partial charge < -0.3 is 35.0 Å². The highest BCUT2D eigenvalue weighted by atomic mass is 16.6. The lowest BCUT2D eigenvalue weighted by Crippen LogP contribution is -2.56. The maximum absolute atomic E-state index is 13.4. The zero-order valence-electron chi connectivity index (χ0n) is 20.5. The van der Waals surface area contributed by atoms with E-state index in [4.69, 9.17) is 20.0 Å². The zero-order chi connectivity index (χ0) is 27.6. The number of benzene rings is 2. The molecule has 38 heavy (non-hydrogen) atoms. The number of fused-ring (bicyclic) bond motifs is 1. The van der Waals surface area contributed by atoms with E-state index in [2.05, 4.69) is 10.6 Å². The van der Waals surface area contributed by atoms with Gasteiger partial charge in [-0.3, -0.25) is 29.4 Å². The van der Waals surface area contributed by atoms with Gasteiger partial charge in [-0.2, -0.15) is 0 Å². The predicted molar refractivity (Wildman–Crippen MR) is 134 cm³/mol. The lowest BCUT2D eigenvalue weighted by Gasteiger charge is -2.35. The van der Waals surface area contributed by atoms with Gasteiger partial charge in [-0.1, -0.05) is 6.07 Å². The van der Waals surface area contributed by atoms with Gasteiger partial charge in [-0.05, 0) is 36.4 Å². The molecule has 1 saturated heterocycles. The van der Waals surface area contributed by atoms with Gasteiger partial charge in [0.15, 0.2) is 6.10 Å². The van der Waals surface area contributed by atoms with Crippen molar-refractivity contribution in [3.8, 4) is 0 Å². The third-order valence-electron chi connectivity index (χ3n) is 5.94. The maximum Gasteiger partial charge on any atom is 0.323 e. The molecule has 4 N–H and O–H groups in total. The highest BCUT2D eigenvalue weighted by Crippen LogP contribution is 2.26. The number of amides is 3. The number of carboxylic acids is 1. The Morgan fingerprint density at radius 1 is 1.24 bits per heavy atom. The third kappa shape index (κ3) is 5.47. The van der Waals surface area contributed by atoms with E-state index in [1.807, 2.05) is 0 Å². The first-order valence-electron chi connectivity index (χ1n) is 11.5. The molecule has 2 aliphatic heterocycles. The number of carboxylic acid groups (broad SMARTS) is 1. The van der Waals surface area contributed by atoms with Crippen LogP contribution in [-0.4, -0.2) is 79.6 Å². The molecule has 13 heteroatoms. The van der Waals surface area contributed by atoms with Crippen molar-refractivity contribution in [1.82, 2.24) is 5.32 Å². The summed E-state index contributed by atoms with van der Waals surface area (Å²) < 4.78 is 10.8. The Bertz CT molecular complexity index is 1340. The quantitative estimate of drug-likeness (QED) is 0.360. The number of nitrogens with one attached hydrogen (secondary N) is 3. The number of rotatable bonds is 8. The number of hydrogen-bond donors (Lipinski definition) is 4. The van der Waals surface area contributed by atoms with E-state index in [1.54, 1.807) is 31.3 Å². The third-order valence-corrected chi connectivity index (χ3v) is 5.94. The molecule has 0 aliphatic carbocycles. The average molecular weight is 524 g/mol. The molecule has 0 spiro atoms. The predicted octanol–water partition coefficient (Wildman–Crippen LogP) is 0.578. The number of morpholine rings is 1. The lowest BCUT2D eigenvalue weighted by molar-refractivity contribution is -0.167. The number of likely N-dealkylation sites (N-methyl/N-ethyl adjacent to an activating group) is 1. The zero-order valence-corrected chi connectivity index (χ0v) is 20.5. The van der Waals surface area contributed by atoms with Crippen LogP contribution in [0.25, 0.3) is 0 Å². The van der Waals surface area contributed by atoms with Gasteiger partial charge in [0, 0.05) is 43.1 Å². The molecule has 2 aromatic carbocycles. The van der Waals surface area contributed by atoms with Gasteiger partial charge in [0.1, 0.15) is 12.4 Å². The van der Waals surface area contributed by atoms with E-state index in [-0.39, 0.29) is 36.8 Å². The normalized spacial score (nSPS) is 17.4. The fraction of sp³-hybridized carbons (Fsp3) is 0.280. The first-order valence-corrected chi connectivity index (χ1v) is 11.5. The molecule has 2 atom stereocenters. The number of aliphatic carboxylic acids is 1. The molecule has 0 bridgehead atoms. The molecule has 0 radical (unpaired) electrons. The van der Waals surface area contributed by atoms with Crippen LogP contribution in [0.15, 0.2) is 42.5 Å². The van der Waals surface area contributed by atoms with Crippen LogP contribution in [0.3, 0.4) is 0 Å². The largest absolute Gasteiger partial charge is 0.480 e. The standard InChI is InChI=1S/C25H25N5O8/c1-13(31)38-20(24(35)27-14-6-7-17-18(10-14)23(34)28-22(17)26)21-25(36)30(8-9-37-21)16-5-3-4-15(11-16)29(2)12-19(32)33/h3-7,10-11,20-21H,8-9,12H2,1-2H3,(H,27,35)(H,32,33)(H2,26,28,34)/t20-,21-/m1/s1. The summed E-state index contributed by atoms with van der Waals surface area (Å²) >= 11 is 0. The van der Waals surface area contributed by atoms with Crippen molar-refractivity contribution in [1.29, 1.82) is 5.41 Å². The van der Waals surface area contributed by atoms with Crippen molar-refractivity contribution in [3.05, 3.63) is 53.6 Å². The van der Waals surface area contributed by atoms with Gasteiger partial charge in [0.05, 0.1) is 12.2 Å². The molecule has 0 aromatic heterocycles. The van der Waals surface area contributed by atoms with E-state index in [0.717, 1.165) is 6.92 Å². The Morgan fingerprint density at radius 3 is 2.71 bits per heavy atom. The fourth-order valence-electron chi connectivity index (χ4n) is 4.19. The monoisotopic (exact) mass is 523 g/mol. The number of nitrogens with zero attached hydrogens (tertiary/aromatic N) is 2. The van der Waals surface area contributed by atoms with Gasteiger partial charge in [-0.15, -0.1) is 0 Å². The van der Waals surface area contributed by atoms with Gasteiger partial charge in [-0.25, -0.2) is 0 Å². The molecule has 4 rings (SSSR count). The van der Waals surface area contributed by atoms with Crippen molar-refractivity contribution in [2.24, 2.45) is 0 Å². The van der Waals surface area contributed by atoms with Gasteiger partial charge >= 0.3 is 11.9 Å². The Morgan fingerprint density at radius 2 is 2.00 bits per heavy atom. The summed E-state index contributed by atoms with van der Waals surface area (Å²) in [5.41, 5.74) is 1.78. The average Bonchev–Trinajstić information content (AvgIpc) is 3.15. The highest BCUT2D eigenvalue weighted by molar-refractivity contribution is 6.23. The second kappa shape index (κ2) is 10.7. The van der Waals surface area contributed by atoms with E-state index < -0.39 is 41.9 Å². The molecular weight excluding hydrogens is 498 g/mol. The molecule has 0 unspecified atom stereocenters. The Kier molecular flexibility index (Phi) is 7.39. The second-order valence-corrected chi connectivity index (χ2v) is 8.66. The number of amidine groups is 1. The van der Waals surface area contributed by atoms with Crippen molar-refractivity contribution in [2.75, 3.05) is 41.9 Å². The highest BCUT2D eigenvalue weighted by Gasteiger charge is 2.42. The SMILES string of the molecule is CC(=O)O[C@@H](C(=O)Nc1ccc2c(c1)C(=O)NC2=N)[C@H]1OCCN(c2cccc(N(C)CC(=O)O)c2)C1=O. The van der Waals surface area contributed by atoms with Crippen LogP contribution in [0, 0.1) is 5.41 Å². The number of anilines is 3. The summed E-state index contributed by atoms with van der Waals surface area (Å²) in [6.07, 6.45) is -3.10. The van der Waals surface area contributed by atoms with Crippen LogP contribution < -0.4 is 20.4 Å². The lowest BCUT2D eigenvalue weighted by atomic mass is 10.1.